The lowest BCUT2D eigenvalue weighted by atomic mass is 10.6. The van der Waals surface area contributed by atoms with Crippen LogP contribution in [0.15, 0.2) is 16.9 Å². The summed E-state index contributed by atoms with van der Waals surface area (Å²) in [7, 11) is 0. The molecule has 4 heteroatoms. The number of hydrogen-bond acceptors (Lipinski definition) is 2. The average molecular weight is 142 g/mol. The molecule has 0 aliphatic rings. The number of nitrogens with zero attached hydrogens (tertiary/aromatic N) is 1. The molecule has 4 nitrogen and oxygen atoms in total. The molecule has 0 aliphatic heterocycles. The molecule has 1 heterocycles. The number of carbonyl (C=O) groups is 1. The zero-order chi connectivity index (χ0) is 7.56. The standard InChI is InChI=1S/C6H7NO3/c1-2-7-3-4-10-5(7)6(8)9/h3-4H,2H2,1H3/p+1. The summed E-state index contributed by atoms with van der Waals surface area (Å²) >= 11 is 0. The van der Waals surface area contributed by atoms with Crippen molar-refractivity contribution in [3.8, 4) is 0 Å². The number of aromatic nitrogens is 1. The summed E-state index contributed by atoms with van der Waals surface area (Å²) < 4.78 is 6.20. The van der Waals surface area contributed by atoms with E-state index in [1.54, 1.807) is 6.20 Å². The fraction of sp³-hybridized carbons (Fsp3) is 0.333. The molecule has 0 atom stereocenters. The number of aromatic carboxylic acids is 1. The van der Waals surface area contributed by atoms with Gasteiger partial charge in [-0.1, -0.05) is 0 Å². The Morgan fingerprint density at radius 1 is 1.90 bits per heavy atom. The first kappa shape index (κ1) is 6.80. The van der Waals surface area contributed by atoms with Crippen molar-refractivity contribution in [2.75, 3.05) is 0 Å². The van der Waals surface area contributed by atoms with Crippen molar-refractivity contribution in [1.29, 1.82) is 0 Å². The van der Waals surface area contributed by atoms with E-state index in [-0.39, 0.29) is 5.89 Å². The van der Waals surface area contributed by atoms with E-state index in [4.69, 9.17) is 5.11 Å². The Kier molecular flexibility index (Phi) is 1.71. The van der Waals surface area contributed by atoms with Crippen LogP contribution in [0.4, 0.5) is 0 Å². The molecule has 1 rings (SSSR count). The average Bonchev–Trinajstić information content (AvgIpc) is 2.33. The summed E-state index contributed by atoms with van der Waals surface area (Å²) in [6.07, 6.45) is 2.94. The molecule has 0 aromatic carbocycles. The van der Waals surface area contributed by atoms with E-state index < -0.39 is 5.97 Å². The summed E-state index contributed by atoms with van der Waals surface area (Å²) in [5, 5.41) is 8.47. The van der Waals surface area contributed by atoms with Gasteiger partial charge in [-0.15, -0.1) is 0 Å². The molecule has 0 fully saturated rings. The van der Waals surface area contributed by atoms with Gasteiger partial charge in [0, 0.05) is 0 Å². The molecular formula is C6H8NO3+. The molecule has 0 saturated carbocycles. The highest BCUT2D eigenvalue weighted by atomic mass is 16.4. The summed E-state index contributed by atoms with van der Waals surface area (Å²) in [6, 6.07) is 0. The van der Waals surface area contributed by atoms with Crippen molar-refractivity contribution in [2.24, 2.45) is 0 Å². The van der Waals surface area contributed by atoms with Gasteiger partial charge in [-0.3, -0.25) is 0 Å². The van der Waals surface area contributed by atoms with E-state index in [0.717, 1.165) is 0 Å². The van der Waals surface area contributed by atoms with Crippen molar-refractivity contribution in [3.63, 3.8) is 0 Å². The second-order valence-corrected chi connectivity index (χ2v) is 1.80. The number of oxazole rings is 1. The highest BCUT2D eigenvalue weighted by molar-refractivity contribution is 5.80. The molecule has 1 aromatic rings. The van der Waals surface area contributed by atoms with E-state index in [0.29, 0.717) is 6.54 Å². The Morgan fingerprint density at radius 2 is 2.60 bits per heavy atom. The molecule has 0 unspecified atom stereocenters. The Hall–Kier alpha value is -1.32. The van der Waals surface area contributed by atoms with Gasteiger partial charge < -0.3 is 9.52 Å². The first-order chi connectivity index (χ1) is 4.75. The number of carboxylic acid groups (broad SMARTS) is 1. The predicted octanol–water partition coefficient (Wildman–Crippen LogP) is 0.285. The third-order valence-corrected chi connectivity index (χ3v) is 1.20. The highest BCUT2D eigenvalue weighted by Crippen LogP contribution is 1.90. The van der Waals surface area contributed by atoms with Crippen LogP contribution < -0.4 is 4.57 Å². The van der Waals surface area contributed by atoms with E-state index in [9.17, 15) is 4.79 Å². The van der Waals surface area contributed by atoms with Crippen LogP contribution in [0.1, 0.15) is 17.6 Å². The van der Waals surface area contributed by atoms with Crippen LogP contribution in [0.5, 0.6) is 0 Å². The van der Waals surface area contributed by atoms with Gasteiger partial charge in [0.05, 0.1) is 0 Å². The monoisotopic (exact) mass is 142 g/mol. The van der Waals surface area contributed by atoms with Gasteiger partial charge in [0.1, 0.15) is 6.54 Å². The van der Waals surface area contributed by atoms with Crippen LogP contribution in [0.2, 0.25) is 0 Å². The summed E-state index contributed by atoms with van der Waals surface area (Å²) in [5.41, 5.74) is 0. The van der Waals surface area contributed by atoms with Crippen LogP contribution in [0, 0.1) is 0 Å². The number of rotatable bonds is 2. The molecule has 54 valence electrons. The van der Waals surface area contributed by atoms with Gasteiger partial charge in [-0.25, -0.2) is 4.79 Å². The van der Waals surface area contributed by atoms with Crippen molar-refractivity contribution >= 4 is 5.97 Å². The number of aryl methyl sites for hydroxylation is 1. The molecular weight excluding hydrogens is 134 g/mol. The highest BCUT2D eigenvalue weighted by Gasteiger charge is 2.20. The zero-order valence-corrected chi connectivity index (χ0v) is 5.57. The largest absolute Gasteiger partial charge is 0.471 e. The molecule has 0 aliphatic carbocycles. The van der Waals surface area contributed by atoms with Crippen LogP contribution in [0.3, 0.4) is 0 Å². The smallest absolute Gasteiger partial charge is 0.461 e. The van der Waals surface area contributed by atoms with Crippen molar-refractivity contribution in [1.82, 2.24) is 0 Å². The maximum absolute atomic E-state index is 10.3. The van der Waals surface area contributed by atoms with Crippen LogP contribution in [-0.4, -0.2) is 11.1 Å². The predicted molar refractivity (Wildman–Crippen MR) is 31.5 cm³/mol. The second-order valence-electron chi connectivity index (χ2n) is 1.80. The van der Waals surface area contributed by atoms with Gasteiger partial charge in [0.2, 0.25) is 6.20 Å². The molecule has 0 saturated heterocycles. The number of carboxylic acids is 1. The minimum absolute atomic E-state index is 0.0255. The maximum atomic E-state index is 10.3. The minimum Gasteiger partial charge on any atom is -0.471 e. The quantitative estimate of drug-likeness (QED) is 0.603. The van der Waals surface area contributed by atoms with Gasteiger partial charge in [0.25, 0.3) is 0 Å². The van der Waals surface area contributed by atoms with Gasteiger partial charge >= 0.3 is 11.9 Å². The van der Waals surface area contributed by atoms with Crippen molar-refractivity contribution in [2.45, 2.75) is 13.5 Å². The van der Waals surface area contributed by atoms with Gasteiger partial charge in [-0.2, -0.15) is 4.57 Å². The summed E-state index contributed by atoms with van der Waals surface area (Å²) in [5.74, 6) is -1.06. The van der Waals surface area contributed by atoms with Crippen LogP contribution in [-0.2, 0) is 6.54 Å². The fourth-order valence-electron chi connectivity index (χ4n) is 0.726. The van der Waals surface area contributed by atoms with E-state index in [1.165, 1.54) is 10.8 Å². The van der Waals surface area contributed by atoms with E-state index in [2.05, 4.69) is 4.42 Å². The van der Waals surface area contributed by atoms with Crippen LogP contribution in [0.25, 0.3) is 0 Å². The Bertz CT molecular complexity index is 241. The molecule has 0 radical (unpaired) electrons. The first-order valence-electron chi connectivity index (χ1n) is 2.96. The molecule has 0 bridgehead atoms. The second kappa shape index (κ2) is 2.51. The Labute approximate surface area is 57.7 Å². The van der Waals surface area contributed by atoms with E-state index >= 15 is 0 Å². The third kappa shape index (κ3) is 1.00. The topological polar surface area (TPSA) is 54.3 Å². The Morgan fingerprint density at radius 3 is 3.00 bits per heavy atom. The molecule has 1 N–H and O–H groups in total. The minimum atomic E-state index is -1.04. The lowest BCUT2D eigenvalue weighted by Crippen LogP contribution is -2.36. The van der Waals surface area contributed by atoms with Crippen molar-refractivity contribution < 1.29 is 18.9 Å². The van der Waals surface area contributed by atoms with Crippen LogP contribution >= 0.6 is 0 Å². The van der Waals surface area contributed by atoms with Gasteiger partial charge in [-0.05, 0) is 6.92 Å². The maximum Gasteiger partial charge on any atom is 0.461 e. The zero-order valence-electron chi connectivity index (χ0n) is 5.57. The lowest BCUT2D eigenvalue weighted by molar-refractivity contribution is -0.698. The first-order valence-corrected chi connectivity index (χ1v) is 2.96. The SMILES string of the molecule is CC[n+]1ccoc1C(=O)O. The number of hydrogen-bond donors (Lipinski definition) is 1. The molecule has 0 spiro atoms. The third-order valence-electron chi connectivity index (χ3n) is 1.20. The summed E-state index contributed by atoms with van der Waals surface area (Å²) in [4.78, 5) is 10.3. The van der Waals surface area contributed by atoms with E-state index in [1.807, 2.05) is 6.92 Å². The molecule has 10 heavy (non-hydrogen) atoms. The van der Waals surface area contributed by atoms with Crippen molar-refractivity contribution in [3.05, 3.63) is 18.4 Å². The molecule has 1 aromatic heterocycles. The summed E-state index contributed by atoms with van der Waals surface area (Å²) in [6.45, 7) is 2.46. The molecule has 0 amide bonds. The normalized spacial score (nSPS) is 9.70. The lowest BCUT2D eigenvalue weighted by Gasteiger charge is -1.83. The Balaban J connectivity index is 3.01. The fourth-order valence-corrected chi connectivity index (χ4v) is 0.726. The van der Waals surface area contributed by atoms with Gasteiger partial charge in [0.15, 0.2) is 6.26 Å².